The third-order valence-corrected chi connectivity index (χ3v) is 4.18. The fourth-order valence-corrected chi connectivity index (χ4v) is 3.05. The molecule has 0 bridgehead atoms. The Labute approximate surface area is 135 Å². The van der Waals surface area contributed by atoms with Crippen molar-refractivity contribution in [1.82, 2.24) is 5.32 Å². The molecule has 0 saturated heterocycles. The van der Waals surface area contributed by atoms with Crippen molar-refractivity contribution in [1.29, 1.82) is 0 Å². The molecule has 1 heterocycles. The van der Waals surface area contributed by atoms with Gasteiger partial charge in [-0.15, -0.1) is 0 Å². The Bertz CT molecular complexity index is 672. The van der Waals surface area contributed by atoms with Crippen LogP contribution >= 0.6 is 11.6 Å². The molecule has 0 aliphatic carbocycles. The van der Waals surface area contributed by atoms with E-state index < -0.39 is 0 Å². The first-order valence-corrected chi connectivity index (χ1v) is 7.94. The highest BCUT2D eigenvalue weighted by atomic mass is 35.5. The fraction of sp³-hybridized carbons (Fsp3) is 0.278. The zero-order chi connectivity index (χ0) is 15.4. The van der Waals surface area contributed by atoms with E-state index in [9.17, 15) is 4.79 Å². The molecule has 0 aromatic heterocycles. The number of nitrogens with one attached hydrogen (secondary N) is 1. The Kier molecular flexibility index (Phi) is 4.64. The molecule has 2 aromatic rings. The van der Waals surface area contributed by atoms with E-state index in [4.69, 9.17) is 11.6 Å². The van der Waals surface area contributed by atoms with Crippen molar-refractivity contribution in [3.8, 4) is 0 Å². The van der Waals surface area contributed by atoms with Crippen LogP contribution in [0.15, 0.2) is 48.5 Å². The maximum Gasteiger partial charge on any atom is 0.239 e. The minimum absolute atomic E-state index is 0.0683. The second kappa shape index (κ2) is 6.84. The zero-order valence-corrected chi connectivity index (χ0v) is 13.1. The highest BCUT2D eigenvalue weighted by molar-refractivity contribution is 6.30. The summed E-state index contributed by atoms with van der Waals surface area (Å²) >= 11 is 5.95. The summed E-state index contributed by atoms with van der Waals surface area (Å²) in [5, 5.41) is 3.72. The Morgan fingerprint density at radius 1 is 1.18 bits per heavy atom. The summed E-state index contributed by atoms with van der Waals surface area (Å²) in [6.07, 6.45) is 1.81. The van der Waals surface area contributed by atoms with Gasteiger partial charge in [-0.3, -0.25) is 4.79 Å². The van der Waals surface area contributed by atoms with Crippen LogP contribution in [0.1, 0.15) is 11.1 Å². The third kappa shape index (κ3) is 3.60. The third-order valence-electron chi connectivity index (χ3n) is 3.94. The second-order valence-corrected chi connectivity index (χ2v) is 5.97. The number of fused-ring (bicyclic) bond motifs is 1. The maximum atomic E-state index is 12.1. The summed E-state index contributed by atoms with van der Waals surface area (Å²) in [5.41, 5.74) is 3.65. The Hall–Kier alpha value is -2.00. The van der Waals surface area contributed by atoms with Crippen LogP contribution in [0.3, 0.4) is 0 Å². The van der Waals surface area contributed by atoms with Crippen LogP contribution in [-0.4, -0.2) is 25.5 Å². The van der Waals surface area contributed by atoms with Gasteiger partial charge in [0.25, 0.3) is 0 Å². The number of anilines is 1. The largest absolute Gasteiger partial charge is 0.362 e. The summed E-state index contributed by atoms with van der Waals surface area (Å²) in [6.45, 7) is 1.97. The van der Waals surface area contributed by atoms with Crippen LogP contribution in [0.5, 0.6) is 0 Å². The number of hydrogen-bond acceptors (Lipinski definition) is 2. The number of hydrogen-bond donors (Lipinski definition) is 1. The van der Waals surface area contributed by atoms with Crippen molar-refractivity contribution in [2.75, 3.05) is 24.5 Å². The van der Waals surface area contributed by atoms with E-state index in [1.54, 1.807) is 0 Å². The molecule has 0 saturated carbocycles. The summed E-state index contributed by atoms with van der Waals surface area (Å²) in [4.78, 5) is 14.2. The van der Waals surface area contributed by atoms with Crippen molar-refractivity contribution in [2.24, 2.45) is 0 Å². The number of halogens is 1. The van der Waals surface area contributed by atoms with Gasteiger partial charge >= 0.3 is 0 Å². The van der Waals surface area contributed by atoms with Crippen molar-refractivity contribution in [3.63, 3.8) is 0 Å². The van der Waals surface area contributed by atoms with E-state index in [2.05, 4.69) is 22.3 Å². The van der Waals surface area contributed by atoms with Gasteiger partial charge in [-0.05, 0) is 42.2 Å². The number of benzene rings is 2. The number of para-hydroxylation sites is 1. The van der Waals surface area contributed by atoms with Gasteiger partial charge in [0.2, 0.25) is 5.91 Å². The number of nitrogens with zero attached hydrogens (tertiary/aromatic N) is 1. The van der Waals surface area contributed by atoms with Crippen molar-refractivity contribution >= 4 is 23.2 Å². The van der Waals surface area contributed by atoms with E-state index in [0.717, 1.165) is 30.0 Å². The van der Waals surface area contributed by atoms with Crippen molar-refractivity contribution < 1.29 is 4.79 Å². The molecule has 3 nitrogen and oxygen atoms in total. The van der Waals surface area contributed by atoms with E-state index in [0.29, 0.717) is 13.1 Å². The maximum absolute atomic E-state index is 12.1. The first-order chi connectivity index (χ1) is 10.7. The highest BCUT2D eigenvalue weighted by Crippen LogP contribution is 2.26. The lowest BCUT2D eigenvalue weighted by atomic mass is 10.1. The van der Waals surface area contributed by atoms with Gasteiger partial charge in [-0.1, -0.05) is 41.9 Å². The van der Waals surface area contributed by atoms with Gasteiger partial charge in [-0.25, -0.2) is 0 Å². The molecule has 22 heavy (non-hydrogen) atoms. The van der Waals surface area contributed by atoms with Gasteiger partial charge in [0, 0.05) is 23.8 Å². The number of carbonyl (C=O) groups is 1. The van der Waals surface area contributed by atoms with Gasteiger partial charge in [0.15, 0.2) is 0 Å². The van der Waals surface area contributed by atoms with Gasteiger partial charge < -0.3 is 10.2 Å². The van der Waals surface area contributed by atoms with Crippen molar-refractivity contribution in [3.05, 3.63) is 64.7 Å². The van der Waals surface area contributed by atoms with E-state index in [-0.39, 0.29) is 5.91 Å². The van der Waals surface area contributed by atoms with Crippen LogP contribution in [-0.2, 0) is 17.6 Å². The van der Waals surface area contributed by atoms with Crippen LogP contribution < -0.4 is 10.2 Å². The smallest absolute Gasteiger partial charge is 0.239 e. The second-order valence-electron chi connectivity index (χ2n) is 5.53. The summed E-state index contributed by atoms with van der Waals surface area (Å²) in [7, 11) is 0. The fourth-order valence-electron chi connectivity index (χ4n) is 2.84. The minimum Gasteiger partial charge on any atom is -0.362 e. The normalized spacial score (nSPS) is 13.0. The van der Waals surface area contributed by atoms with E-state index in [1.807, 2.05) is 36.4 Å². The molecule has 3 rings (SSSR count). The first-order valence-electron chi connectivity index (χ1n) is 7.56. The van der Waals surface area contributed by atoms with Crippen LogP contribution in [0.4, 0.5) is 5.69 Å². The lowest BCUT2D eigenvalue weighted by Crippen LogP contribution is -2.37. The topological polar surface area (TPSA) is 32.3 Å². The van der Waals surface area contributed by atoms with Crippen LogP contribution in [0.2, 0.25) is 5.02 Å². The standard InChI is InChI=1S/C18H19ClN2O/c19-16-6-3-4-14(12-16)8-10-20-18(22)13-21-11-9-15-5-1-2-7-17(15)21/h1-7,12H,8-11,13H2,(H,20,22). The lowest BCUT2D eigenvalue weighted by Gasteiger charge is -2.18. The minimum atomic E-state index is 0.0683. The molecular weight excluding hydrogens is 296 g/mol. The molecule has 0 unspecified atom stereocenters. The number of amides is 1. The molecule has 1 aliphatic heterocycles. The van der Waals surface area contributed by atoms with E-state index in [1.165, 1.54) is 11.3 Å². The number of carbonyl (C=O) groups excluding carboxylic acids is 1. The molecule has 1 N–H and O–H groups in total. The molecular formula is C18H19ClN2O. The SMILES string of the molecule is O=C(CN1CCc2ccccc21)NCCc1cccc(Cl)c1. The predicted molar refractivity (Wildman–Crippen MR) is 90.5 cm³/mol. The molecule has 0 radical (unpaired) electrons. The Balaban J connectivity index is 1.47. The predicted octanol–water partition coefficient (Wildman–Crippen LogP) is 3.06. The average molecular weight is 315 g/mol. The summed E-state index contributed by atoms with van der Waals surface area (Å²) in [6, 6.07) is 16.0. The zero-order valence-electron chi connectivity index (χ0n) is 12.4. The Morgan fingerprint density at radius 3 is 2.91 bits per heavy atom. The number of rotatable bonds is 5. The van der Waals surface area contributed by atoms with E-state index >= 15 is 0 Å². The Morgan fingerprint density at radius 2 is 2.05 bits per heavy atom. The van der Waals surface area contributed by atoms with Gasteiger partial charge in [0.05, 0.1) is 6.54 Å². The van der Waals surface area contributed by atoms with Crippen LogP contribution in [0, 0.1) is 0 Å². The molecule has 4 heteroatoms. The summed E-state index contributed by atoms with van der Waals surface area (Å²) < 4.78 is 0. The highest BCUT2D eigenvalue weighted by Gasteiger charge is 2.20. The molecule has 0 fully saturated rings. The molecule has 0 atom stereocenters. The van der Waals surface area contributed by atoms with Crippen molar-refractivity contribution in [2.45, 2.75) is 12.8 Å². The monoisotopic (exact) mass is 314 g/mol. The molecule has 1 amide bonds. The molecule has 2 aromatic carbocycles. The molecule has 0 spiro atoms. The van der Waals surface area contributed by atoms with Gasteiger partial charge in [-0.2, -0.15) is 0 Å². The molecule has 114 valence electrons. The summed E-state index contributed by atoms with van der Waals surface area (Å²) in [5.74, 6) is 0.0683. The quantitative estimate of drug-likeness (QED) is 0.920. The molecule has 1 aliphatic rings. The van der Waals surface area contributed by atoms with Crippen LogP contribution in [0.25, 0.3) is 0 Å². The van der Waals surface area contributed by atoms with Gasteiger partial charge in [0.1, 0.15) is 0 Å². The average Bonchev–Trinajstić information content (AvgIpc) is 2.91. The lowest BCUT2D eigenvalue weighted by molar-refractivity contribution is -0.119. The first kappa shape index (κ1) is 14.9.